The van der Waals surface area contributed by atoms with E-state index in [0.717, 1.165) is 25.7 Å². The number of ether oxygens (including phenoxy) is 1. The second-order valence-corrected chi connectivity index (χ2v) is 9.53. The summed E-state index contributed by atoms with van der Waals surface area (Å²) in [5.41, 5.74) is 11.9. The van der Waals surface area contributed by atoms with Crippen molar-refractivity contribution in [1.82, 2.24) is 15.3 Å². The van der Waals surface area contributed by atoms with Crippen LogP contribution >= 0.6 is 0 Å². The van der Waals surface area contributed by atoms with Crippen LogP contribution in [0.4, 0.5) is 27.9 Å². The molecule has 0 unspecified atom stereocenters. The smallest absolute Gasteiger partial charge is 0.407 e. The van der Waals surface area contributed by atoms with E-state index in [4.69, 9.17) is 22.0 Å². The number of hydrazine groups is 1. The molecule has 1 fully saturated rings. The third-order valence-electron chi connectivity index (χ3n) is 5.51. The van der Waals surface area contributed by atoms with Gasteiger partial charge in [0.1, 0.15) is 17.0 Å². The molecular weight excluding hydrogens is 462 g/mol. The van der Waals surface area contributed by atoms with Gasteiger partial charge in [-0.05, 0) is 57.9 Å². The zero-order valence-electron chi connectivity index (χ0n) is 20.8. The van der Waals surface area contributed by atoms with Crippen LogP contribution in [0.3, 0.4) is 0 Å². The van der Waals surface area contributed by atoms with Crippen LogP contribution in [0.2, 0.25) is 0 Å². The third kappa shape index (κ3) is 7.47. The number of amides is 2. The van der Waals surface area contributed by atoms with E-state index in [2.05, 4.69) is 25.9 Å². The monoisotopic (exact) mass is 497 g/mol. The van der Waals surface area contributed by atoms with Crippen LogP contribution in [0.25, 0.3) is 0 Å². The van der Waals surface area contributed by atoms with E-state index < -0.39 is 17.6 Å². The Kier molecular flexibility index (Phi) is 8.54. The molecule has 0 aliphatic heterocycles. The van der Waals surface area contributed by atoms with Gasteiger partial charge in [0, 0.05) is 30.3 Å². The minimum absolute atomic E-state index is 0.107. The highest BCUT2D eigenvalue weighted by Crippen LogP contribution is 2.25. The van der Waals surface area contributed by atoms with E-state index in [1.54, 1.807) is 24.3 Å². The number of nitrogens with two attached hydrogens (primary N) is 3. The summed E-state index contributed by atoms with van der Waals surface area (Å²) in [6.07, 6.45) is 7.37. The molecule has 36 heavy (non-hydrogen) atoms. The van der Waals surface area contributed by atoms with Crippen LogP contribution in [0.5, 0.6) is 0 Å². The number of alkyl carbamates (subject to hydrolysis) is 1. The van der Waals surface area contributed by atoms with Crippen molar-refractivity contribution in [2.75, 3.05) is 15.6 Å². The minimum Gasteiger partial charge on any atom is -0.444 e. The minimum atomic E-state index is -0.663. The number of hydrogen-bond acceptors (Lipinski definition) is 10. The maximum Gasteiger partial charge on any atom is 0.407 e. The summed E-state index contributed by atoms with van der Waals surface area (Å²) >= 11 is 0. The summed E-state index contributed by atoms with van der Waals surface area (Å²) in [5.74, 6) is 5.78. The van der Waals surface area contributed by atoms with Gasteiger partial charge in [-0.15, -0.1) is 0 Å². The molecule has 1 saturated carbocycles. The second kappa shape index (κ2) is 11.6. The molecule has 12 nitrogen and oxygen atoms in total. The van der Waals surface area contributed by atoms with Crippen LogP contribution in [-0.2, 0) is 4.74 Å². The number of rotatable bonds is 8. The van der Waals surface area contributed by atoms with Gasteiger partial charge in [0.05, 0.1) is 11.7 Å². The number of primary amides is 1. The van der Waals surface area contributed by atoms with E-state index in [0.29, 0.717) is 17.3 Å². The Hall–Kier alpha value is -4.06. The Morgan fingerprint density at radius 1 is 1.14 bits per heavy atom. The topological polar surface area (TPSA) is 187 Å². The number of carbonyl (C=O) groups excluding carboxylic acids is 2. The van der Waals surface area contributed by atoms with Crippen LogP contribution in [0, 0.1) is 0 Å². The standard InChI is InChI=1S/C24H35N9O3/c1-24(2,3)36-23(35)31-19-7-5-4-6-18(19)30-22-28-14-17(20(26)34)21(32-22)29-15-8-10-16(11-9-15)33(27)13-12-25/h8-14,18-19H,4-7,25,27H2,1-3H3,(H2,26,34)(H,31,35)(H2,28,29,30,32)/b13-12-/t18-,19+/m1/s1. The number of aromatic nitrogens is 2. The van der Waals surface area contributed by atoms with Gasteiger partial charge in [0.25, 0.3) is 5.91 Å². The van der Waals surface area contributed by atoms with Crippen molar-refractivity contribution in [2.24, 2.45) is 17.3 Å². The fourth-order valence-corrected chi connectivity index (χ4v) is 3.86. The van der Waals surface area contributed by atoms with E-state index >= 15 is 0 Å². The number of nitrogens with one attached hydrogen (secondary N) is 3. The average Bonchev–Trinajstić information content (AvgIpc) is 2.80. The molecule has 1 aliphatic rings. The van der Waals surface area contributed by atoms with Crippen molar-refractivity contribution < 1.29 is 14.3 Å². The summed E-state index contributed by atoms with van der Waals surface area (Å²) in [7, 11) is 0. The van der Waals surface area contributed by atoms with Crippen LogP contribution in [0.1, 0.15) is 56.8 Å². The number of hydrogen-bond donors (Lipinski definition) is 6. The molecule has 0 saturated heterocycles. The summed E-state index contributed by atoms with van der Waals surface area (Å²) in [6.45, 7) is 5.47. The van der Waals surface area contributed by atoms with Gasteiger partial charge in [0.15, 0.2) is 0 Å². The average molecular weight is 498 g/mol. The van der Waals surface area contributed by atoms with Crippen molar-refractivity contribution in [3.63, 3.8) is 0 Å². The molecular formula is C24H35N9O3. The maximum atomic E-state index is 12.3. The molecule has 2 atom stereocenters. The lowest BCUT2D eigenvalue weighted by Gasteiger charge is -2.33. The van der Waals surface area contributed by atoms with Gasteiger partial charge in [0.2, 0.25) is 5.95 Å². The molecule has 0 spiro atoms. The molecule has 0 radical (unpaired) electrons. The van der Waals surface area contributed by atoms with Gasteiger partial charge in [-0.1, -0.05) is 12.8 Å². The predicted octanol–water partition coefficient (Wildman–Crippen LogP) is 2.68. The van der Waals surface area contributed by atoms with Gasteiger partial charge < -0.3 is 32.2 Å². The Morgan fingerprint density at radius 3 is 2.42 bits per heavy atom. The van der Waals surface area contributed by atoms with Crippen molar-refractivity contribution >= 4 is 35.1 Å². The second-order valence-electron chi connectivity index (χ2n) is 9.53. The van der Waals surface area contributed by atoms with Crippen LogP contribution in [0.15, 0.2) is 42.9 Å². The highest BCUT2D eigenvalue weighted by atomic mass is 16.6. The maximum absolute atomic E-state index is 12.3. The Labute approximate surface area is 210 Å². The molecule has 2 amide bonds. The number of carbonyl (C=O) groups is 2. The molecule has 9 N–H and O–H groups in total. The molecule has 0 bridgehead atoms. The molecule has 12 heteroatoms. The lowest BCUT2D eigenvalue weighted by Crippen LogP contribution is -2.50. The molecule has 1 aromatic heterocycles. The van der Waals surface area contributed by atoms with Crippen molar-refractivity contribution in [3.8, 4) is 0 Å². The van der Waals surface area contributed by atoms with Gasteiger partial charge in [-0.25, -0.2) is 15.6 Å². The van der Waals surface area contributed by atoms with E-state index in [-0.39, 0.29) is 23.5 Å². The van der Waals surface area contributed by atoms with Gasteiger partial charge in [-0.2, -0.15) is 4.98 Å². The molecule has 1 heterocycles. The molecule has 2 aromatic rings. The summed E-state index contributed by atoms with van der Waals surface area (Å²) < 4.78 is 5.41. The lowest BCUT2D eigenvalue weighted by atomic mass is 9.90. The predicted molar refractivity (Wildman–Crippen MR) is 139 cm³/mol. The van der Waals surface area contributed by atoms with Gasteiger partial charge >= 0.3 is 6.09 Å². The molecule has 1 aliphatic carbocycles. The number of anilines is 4. The van der Waals surface area contributed by atoms with Crippen molar-refractivity contribution in [2.45, 2.75) is 64.1 Å². The summed E-state index contributed by atoms with van der Waals surface area (Å²) in [4.78, 5) is 33.1. The lowest BCUT2D eigenvalue weighted by molar-refractivity contribution is 0.0488. The highest BCUT2D eigenvalue weighted by Gasteiger charge is 2.29. The first-order valence-corrected chi connectivity index (χ1v) is 11.8. The fourth-order valence-electron chi connectivity index (χ4n) is 3.86. The third-order valence-corrected chi connectivity index (χ3v) is 5.51. The number of nitrogens with zero attached hydrogens (tertiary/aromatic N) is 3. The Bertz CT molecular complexity index is 1080. The normalized spacial score (nSPS) is 17.9. The summed E-state index contributed by atoms with van der Waals surface area (Å²) in [5, 5.41) is 10.7. The van der Waals surface area contributed by atoms with E-state index in [1.165, 1.54) is 23.6 Å². The Balaban J connectivity index is 1.76. The SMILES string of the molecule is CC(C)(C)OC(=O)N[C@H]1CCCC[C@H]1Nc1ncc(C(N)=O)c(Nc2ccc(N(N)/C=C\N)cc2)n1. The van der Waals surface area contributed by atoms with Crippen LogP contribution in [-0.4, -0.2) is 39.7 Å². The van der Waals surface area contributed by atoms with Crippen molar-refractivity contribution in [1.29, 1.82) is 0 Å². The first-order valence-electron chi connectivity index (χ1n) is 11.8. The highest BCUT2D eigenvalue weighted by molar-refractivity contribution is 5.98. The van der Waals surface area contributed by atoms with E-state index in [9.17, 15) is 9.59 Å². The molecule has 3 rings (SSSR count). The molecule has 194 valence electrons. The van der Waals surface area contributed by atoms with E-state index in [1.807, 2.05) is 20.8 Å². The zero-order valence-corrected chi connectivity index (χ0v) is 20.8. The number of benzene rings is 1. The molecule has 1 aromatic carbocycles. The fraction of sp³-hybridized carbons (Fsp3) is 0.417. The Morgan fingerprint density at radius 2 is 1.81 bits per heavy atom. The zero-order chi connectivity index (χ0) is 26.3. The first kappa shape index (κ1) is 26.5. The van der Waals surface area contributed by atoms with Crippen LogP contribution < -0.4 is 38.3 Å². The first-order chi connectivity index (χ1) is 17.1. The summed E-state index contributed by atoms with van der Waals surface area (Å²) in [6, 6.07) is 6.86. The quantitative estimate of drug-likeness (QED) is 0.234. The van der Waals surface area contributed by atoms with Crippen molar-refractivity contribution in [3.05, 3.63) is 48.4 Å². The largest absolute Gasteiger partial charge is 0.444 e. The van der Waals surface area contributed by atoms with Gasteiger partial charge in [-0.3, -0.25) is 9.80 Å².